The highest BCUT2D eigenvalue weighted by Gasteiger charge is 2.37. The lowest BCUT2D eigenvalue weighted by atomic mass is 10.1. The molecule has 0 atom stereocenters. The van der Waals surface area contributed by atoms with Crippen LogP contribution in [-0.2, 0) is 11.0 Å². The molecule has 1 aromatic carbocycles. The molecule has 2 amide bonds. The van der Waals surface area contributed by atoms with Crippen LogP contribution in [0.2, 0.25) is 0 Å². The van der Waals surface area contributed by atoms with E-state index in [9.17, 15) is 22.8 Å². The van der Waals surface area contributed by atoms with Crippen LogP contribution in [0.3, 0.4) is 0 Å². The van der Waals surface area contributed by atoms with Crippen molar-refractivity contribution < 1.29 is 22.8 Å². The fraction of sp³-hybridized carbons (Fsp3) is 0.529. The number of benzene rings is 1. The monoisotopic (exact) mass is 340 g/mol. The van der Waals surface area contributed by atoms with Crippen molar-refractivity contribution in [3.05, 3.63) is 35.4 Å². The topological polar surface area (TPSA) is 40.6 Å². The second-order valence-corrected chi connectivity index (χ2v) is 6.29. The summed E-state index contributed by atoms with van der Waals surface area (Å²) >= 11 is 0. The summed E-state index contributed by atoms with van der Waals surface area (Å²) < 4.78 is 39.3. The van der Waals surface area contributed by atoms with E-state index in [1.165, 1.54) is 23.1 Å². The van der Waals surface area contributed by atoms with Gasteiger partial charge >= 0.3 is 6.18 Å². The van der Waals surface area contributed by atoms with Gasteiger partial charge in [0.05, 0.1) is 11.1 Å². The Morgan fingerprint density at radius 2 is 1.58 bits per heavy atom. The van der Waals surface area contributed by atoms with Crippen LogP contribution in [0.4, 0.5) is 13.2 Å². The normalized spacial score (nSPS) is 19.1. The molecule has 0 aromatic heterocycles. The van der Waals surface area contributed by atoms with Gasteiger partial charge in [0.25, 0.3) is 5.91 Å². The molecule has 1 aliphatic carbocycles. The van der Waals surface area contributed by atoms with Crippen molar-refractivity contribution >= 4 is 11.8 Å². The van der Waals surface area contributed by atoms with Gasteiger partial charge in [0.2, 0.25) is 5.91 Å². The van der Waals surface area contributed by atoms with Gasteiger partial charge in [-0.05, 0) is 31.4 Å². The predicted molar refractivity (Wildman–Crippen MR) is 81.3 cm³/mol. The lowest BCUT2D eigenvalue weighted by molar-refractivity contribution is -0.138. The van der Waals surface area contributed by atoms with Crippen molar-refractivity contribution in [1.29, 1.82) is 0 Å². The number of halogens is 3. The second kappa shape index (κ2) is 6.45. The molecule has 1 heterocycles. The minimum absolute atomic E-state index is 0.109. The molecular weight excluding hydrogens is 321 g/mol. The number of hydrogen-bond donors (Lipinski definition) is 0. The second-order valence-electron chi connectivity index (χ2n) is 6.29. The zero-order chi connectivity index (χ0) is 17.3. The van der Waals surface area contributed by atoms with Crippen molar-refractivity contribution in [1.82, 2.24) is 9.80 Å². The molecule has 2 fully saturated rings. The summed E-state index contributed by atoms with van der Waals surface area (Å²) in [5, 5.41) is 0. The van der Waals surface area contributed by atoms with E-state index in [1.54, 1.807) is 4.90 Å². The molecule has 0 bridgehead atoms. The number of nitrogens with zero attached hydrogens (tertiary/aromatic N) is 2. The van der Waals surface area contributed by atoms with Crippen molar-refractivity contribution in [3.63, 3.8) is 0 Å². The molecule has 2 aliphatic rings. The molecule has 130 valence electrons. The molecule has 1 saturated carbocycles. The summed E-state index contributed by atoms with van der Waals surface area (Å²) in [7, 11) is 0. The third-order valence-electron chi connectivity index (χ3n) is 4.48. The van der Waals surface area contributed by atoms with E-state index in [1.807, 2.05) is 0 Å². The molecule has 24 heavy (non-hydrogen) atoms. The predicted octanol–water partition coefficient (Wildman–Crippen LogP) is 2.79. The first-order valence-electron chi connectivity index (χ1n) is 8.12. The van der Waals surface area contributed by atoms with Crippen molar-refractivity contribution in [2.75, 3.05) is 26.2 Å². The summed E-state index contributed by atoms with van der Waals surface area (Å²) in [5.74, 6) is -0.401. The van der Waals surface area contributed by atoms with E-state index < -0.39 is 17.6 Å². The number of rotatable bonds is 2. The van der Waals surface area contributed by atoms with E-state index >= 15 is 0 Å². The maximum atomic E-state index is 13.1. The van der Waals surface area contributed by atoms with Gasteiger partial charge in [0.15, 0.2) is 0 Å². The first kappa shape index (κ1) is 16.8. The number of amides is 2. The summed E-state index contributed by atoms with van der Waals surface area (Å²) in [6.07, 6.45) is -2.15. The Morgan fingerprint density at radius 1 is 0.958 bits per heavy atom. The number of carbonyl (C=O) groups excluding carboxylic acids is 2. The van der Waals surface area contributed by atoms with Crippen molar-refractivity contribution in [3.8, 4) is 0 Å². The molecule has 0 radical (unpaired) electrons. The summed E-state index contributed by atoms with van der Waals surface area (Å²) in [5.41, 5.74) is -1.24. The molecule has 0 spiro atoms. The van der Waals surface area contributed by atoms with Gasteiger partial charge in [0, 0.05) is 32.1 Å². The van der Waals surface area contributed by atoms with Gasteiger partial charge in [-0.2, -0.15) is 13.2 Å². The van der Waals surface area contributed by atoms with Crippen LogP contribution in [0.1, 0.15) is 35.2 Å². The molecular formula is C17H19F3N2O2. The van der Waals surface area contributed by atoms with Crippen molar-refractivity contribution in [2.24, 2.45) is 5.92 Å². The maximum absolute atomic E-state index is 13.1. The van der Waals surface area contributed by atoms with Crippen LogP contribution in [0.15, 0.2) is 24.3 Å². The largest absolute Gasteiger partial charge is 0.417 e. The molecule has 4 nitrogen and oxygen atoms in total. The third kappa shape index (κ3) is 3.55. The molecule has 0 N–H and O–H groups in total. The molecule has 1 saturated heterocycles. The number of hydrogen-bond acceptors (Lipinski definition) is 2. The summed E-state index contributed by atoms with van der Waals surface area (Å²) in [6, 6.07) is 4.85. The SMILES string of the molecule is O=C(c1ccccc1C(F)(F)F)N1CCCN(C(=O)C2CC2)CC1. The average Bonchev–Trinajstić information content (AvgIpc) is 3.39. The molecule has 1 aromatic rings. The van der Waals surface area contributed by atoms with Gasteiger partial charge in [-0.1, -0.05) is 12.1 Å². The number of alkyl halides is 3. The van der Waals surface area contributed by atoms with E-state index in [4.69, 9.17) is 0 Å². The van der Waals surface area contributed by atoms with Gasteiger partial charge in [-0.3, -0.25) is 9.59 Å². The first-order valence-corrected chi connectivity index (χ1v) is 8.12. The van der Waals surface area contributed by atoms with Crippen LogP contribution < -0.4 is 0 Å². The molecule has 3 rings (SSSR count). The highest BCUT2D eigenvalue weighted by molar-refractivity contribution is 5.96. The van der Waals surface area contributed by atoms with E-state index in [-0.39, 0.29) is 23.9 Å². The first-order chi connectivity index (χ1) is 11.4. The maximum Gasteiger partial charge on any atom is 0.417 e. The molecule has 7 heteroatoms. The smallest absolute Gasteiger partial charge is 0.341 e. The highest BCUT2D eigenvalue weighted by atomic mass is 19.4. The minimum atomic E-state index is -4.56. The van der Waals surface area contributed by atoms with Crippen LogP contribution in [0, 0.1) is 5.92 Å². The van der Waals surface area contributed by atoms with Gasteiger partial charge < -0.3 is 9.80 Å². The van der Waals surface area contributed by atoms with Gasteiger partial charge in [0.1, 0.15) is 0 Å². The van der Waals surface area contributed by atoms with E-state index in [0.717, 1.165) is 18.9 Å². The quantitative estimate of drug-likeness (QED) is 0.831. The Morgan fingerprint density at radius 3 is 2.25 bits per heavy atom. The van der Waals surface area contributed by atoms with E-state index in [2.05, 4.69) is 0 Å². The highest BCUT2D eigenvalue weighted by Crippen LogP contribution is 2.33. The Labute approximate surface area is 138 Å². The Kier molecular flexibility index (Phi) is 4.51. The Hall–Kier alpha value is -2.05. The van der Waals surface area contributed by atoms with Crippen LogP contribution in [-0.4, -0.2) is 47.8 Å². The zero-order valence-corrected chi connectivity index (χ0v) is 13.2. The van der Waals surface area contributed by atoms with Crippen LogP contribution in [0.5, 0.6) is 0 Å². The molecule has 1 aliphatic heterocycles. The molecule has 0 unspecified atom stereocenters. The third-order valence-corrected chi connectivity index (χ3v) is 4.48. The fourth-order valence-electron chi connectivity index (χ4n) is 3.02. The van der Waals surface area contributed by atoms with Gasteiger partial charge in [-0.25, -0.2) is 0 Å². The minimum Gasteiger partial charge on any atom is -0.341 e. The summed E-state index contributed by atoms with van der Waals surface area (Å²) in [4.78, 5) is 27.8. The van der Waals surface area contributed by atoms with Crippen LogP contribution >= 0.6 is 0 Å². The lowest BCUT2D eigenvalue weighted by Crippen LogP contribution is -2.38. The summed E-state index contributed by atoms with van der Waals surface area (Å²) in [6.45, 7) is 1.57. The van der Waals surface area contributed by atoms with Gasteiger partial charge in [-0.15, -0.1) is 0 Å². The van der Waals surface area contributed by atoms with Crippen molar-refractivity contribution in [2.45, 2.75) is 25.4 Å². The zero-order valence-electron chi connectivity index (χ0n) is 13.2. The van der Waals surface area contributed by atoms with Crippen LogP contribution in [0.25, 0.3) is 0 Å². The lowest BCUT2D eigenvalue weighted by Gasteiger charge is -2.23. The number of carbonyl (C=O) groups is 2. The fourth-order valence-corrected chi connectivity index (χ4v) is 3.02. The Bertz CT molecular complexity index is 641. The average molecular weight is 340 g/mol. The standard InChI is InChI=1S/C17H19F3N2O2/c18-17(19,20)14-5-2-1-4-13(14)16(24)22-9-3-8-21(10-11-22)15(23)12-6-7-12/h1-2,4-5,12H,3,6-11H2. The van der Waals surface area contributed by atoms with E-state index in [0.29, 0.717) is 26.1 Å². The Balaban J connectivity index is 1.73.